The van der Waals surface area contributed by atoms with Gasteiger partial charge in [-0.05, 0) is 35.0 Å². The number of nitrogen functional groups attached to an aromatic ring is 1. The summed E-state index contributed by atoms with van der Waals surface area (Å²) in [7, 11) is 0. The number of nitriles is 1. The van der Waals surface area contributed by atoms with Crippen LogP contribution in [-0.4, -0.2) is 16.3 Å². The zero-order chi connectivity index (χ0) is 13.1. The molecular weight excluding hydrogens is 294 g/mol. The fourth-order valence-corrected chi connectivity index (χ4v) is 2.09. The number of aromatic nitrogens is 2. The van der Waals surface area contributed by atoms with Crippen molar-refractivity contribution >= 4 is 27.6 Å². The Labute approximate surface area is 113 Å². The van der Waals surface area contributed by atoms with Crippen molar-refractivity contribution in [3.8, 4) is 11.8 Å². The molecular formula is C12H12BrN5. The Hall–Kier alpha value is -2.00. The van der Waals surface area contributed by atoms with E-state index in [2.05, 4.69) is 32.4 Å². The smallest absolute Gasteiger partial charge is 0.168 e. The lowest BCUT2D eigenvalue weighted by Gasteiger charge is -2.05. The largest absolute Gasteiger partial charge is 0.382 e. The maximum Gasteiger partial charge on any atom is 0.168 e. The van der Waals surface area contributed by atoms with Crippen LogP contribution in [0.25, 0.3) is 5.69 Å². The molecule has 0 aliphatic heterocycles. The predicted octanol–water partition coefficient (Wildman–Crippen LogP) is 2.52. The highest BCUT2D eigenvalue weighted by Crippen LogP contribution is 2.27. The van der Waals surface area contributed by atoms with Gasteiger partial charge in [-0.1, -0.05) is 12.1 Å². The van der Waals surface area contributed by atoms with E-state index < -0.39 is 0 Å². The highest BCUT2D eigenvalue weighted by Gasteiger charge is 2.16. The van der Waals surface area contributed by atoms with Crippen LogP contribution in [0.15, 0.2) is 28.7 Å². The van der Waals surface area contributed by atoms with Crippen LogP contribution in [0.4, 0.5) is 11.6 Å². The molecule has 0 saturated heterocycles. The molecule has 0 amide bonds. The zero-order valence-corrected chi connectivity index (χ0v) is 11.4. The van der Waals surface area contributed by atoms with Gasteiger partial charge in [-0.15, -0.1) is 5.10 Å². The second-order valence-corrected chi connectivity index (χ2v) is 4.47. The third kappa shape index (κ3) is 2.05. The first-order chi connectivity index (χ1) is 8.69. The monoisotopic (exact) mass is 305 g/mol. The molecule has 2 rings (SSSR count). The normalized spacial score (nSPS) is 10.1. The number of hydrogen-bond acceptors (Lipinski definition) is 4. The summed E-state index contributed by atoms with van der Waals surface area (Å²) in [6, 6.07) is 9.65. The third-order valence-corrected chi connectivity index (χ3v) is 3.13. The molecule has 1 aromatic heterocycles. The molecule has 1 aromatic carbocycles. The summed E-state index contributed by atoms with van der Waals surface area (Å²) >= 11 is 3.44. The molecule has 18 heavy (non-hydrogen) atoms. The summed E-state index contributed by atoms with van der Waals surface area (Å²) in [6.45, 7) is 2.62. The summed E-state index contributed by atoms with van der Waals surface area (Å²) in [4.78, 5) is 0. The molecule has 0 aliphatic carbocycles. The van der Waals surface area contributed by atoms with E-state index in [9.17, 15) is 0 Å². The Kier molecular flexibility index (Phi) is 3.53. The lowest BCUT2D eigenvalue weighted by Crippen LogP contribution is -2.03. The number of anilines is 2. The first kappa shape index (κ1) is 12.5. The van der Waals surface area contributed by atoms with Crippen molar-refractivity contribution in [2.75, 3.05) is 17.6 Å². The van der Waals surface area contributed by atoms with Crippen molar-refractivity contribution in [3.05, 3.63) is 34.3 Å². The zero-order valence-electron chi connectivity index (χ0n) is 9.81. The van der Waals surface area contributed by atoms with E-state index >= 15 is 0 Å². The number of para-hydroxylation sites is 1. The Bertz CT molecular complexity index is 611. The summed E-state index contributed by atoms with van der Waals surface area (Å²) in [5.74, 6) is 0.841. The van der Waals surface area contributed by atoms with Gasteiger partial charge in [-0.25, -0.2) is 4.68 Å². The number of rotatable bonds is 3. The van der Waals surface area contributed by atoms with Gasteiger partial charge >= 0.3 is 0 Å². The first-order valence-electron chi connectivity index (χ1n) is 5.46. The fraction of sp³-hybridized carbons (Fsp3) is 0.167. The SMILES string of the molecule is CCNc1nn(-c2ccccc2Br)c(N)c1C#N. The summed E-state index contributed by atoms with van der Waals surface area (Å²) < 4.78 is 2.42. The van der Waals surface area contributed by atoms with Crippen LogP contribution in [0, 0.1) is 11.3 Å². The number of halogens is 1. The summed E-state index contributed by atoms with van der Waals surface area (Å²) in [5, 5.41) is 16.5. The molecule has 5 nitrogen and oxygen atoms in total. The summed E-state index contributed by atoms with van der Waals surface area (Å²) in [6.07, 6.45) is 0. The van der Waals surface area contributed by atoms with E-state index in [1.807, 2.05) is 31.2 Å². The van der Waals surface area contributed by atoms with Crippen molar-refractivity contribution in [2.24, 2.45) is 0 Å². The number of nitrogens with one attached hydrogen (secondary N) is 1. The first-order valence-corrected chi connectivity index (χ1v) is 6.25. The van der Waals surface area contributed by atoms with Crippen LogP contribution >= 0.6 is 15.9 Å². The van der Waals surface area contributed by atoms with Crippen molar-refractivity contribution < 1.29 is 0 Å². The molecule has 0 atom stereocenters. The second-order valence-electron chi connectivity index (χ2n) is 3.61. The highest BCUT2D eigenvalue weighted by atomic mass is 79.9. The Morgan fingerprint density at radius 2 is 2.22 bits per heavy atom. The third-order valence-electron chi connectivity index (χ3n) is 2.46. The number of hydrogen-bond donors (Lipinski definition) is 2. The van der Waals surface area contributed by atoms with E-state index in [0.29, 0.717) is 23.7 Å². The molecule has 0 spiro atoms. The van der Waals surface area contributed by atoms with Crippen LogP contribution < -0.4 is 11.1 Å². The minimum atomic E-state index is 0.334. The van der Waals surface area contributed by atoms with Gasteiger partial charge in [0.25, 0.3) is 0 Å². The number of nitrogens with two attached hydrogens (primary N) is 1. The van der Waals surface area contributed by atoms with Crippen LogP contribution in [-0.2, 0) is 0 Å². The molecule has 0 unspecified atom stereocenters. The summed E-state index contributed by atoms with van der Waals surface area (Å²) in [5.41, 5.74) is 7.13. The van der Waals surface area contributed by atoms with Gasteiger partial charge in [-0.2, -0.15) is 5.26 Å². The van der Waals surface area contributed by atoms with E-state index in [4.69, 9.17) is 11.0 Å². The van der Waals surface area contributed by atoms with Gasteiger partial charge in [0.2, 0.25) is 0 Å². The lowest BCUT2D eigenvalue weighted by atomic mass is 10.3. The molecule has 0 aliphatic rings. The molecule has 1 heterocycles. The topological polar surface area (TPSA) is 79.7 Å². The maximum atomic E-state index is 9.12. The lowest BCUT2D eigenvalue weighted by molar-refractivity contribution is 0.885. The molecule has 3 N–H and O–H groups in total. The molecule has 6 heteroatoms. The Morgan fingerprint density at radius 1 is 1.50 bits per heavy atom. The minimum absolute atomic E-state index is 0.334. The fourth-order valence-electron chi connectivity index (χ4n) is 1.64. The van der Waals surface area contributed by atoms with Crippen LogP contribution in [0.1, 0.15) is 12.5 Å². The molecule has 0 radical (unpaired) electrons. The van der Waals surface area contributed by atoms with Crippen molar-refractivity contribution in [1.29, 1.82) is 5.26 Å². The molecule has 0 saturated carbocycles. The quantitative estimate of drug-likeness (QED) is 0.913. The predicted molar refractivity (Wildman–Crippen MR) is 74.6 cm³/mol. The van der Waals surface area contributed by atoms with E-state index in [0.717, 1.165) is 10.2 Å². The van der Waals surface area contributed by atoms with E-state index in [-0.39, 0.29) is 0 Å². The molecule has 0 fully saturated rings. The number of benzene rings is 1. The van der Waals surface area contributed by atoms with Crippen molar-refractivity contribution in [3.63, 3.8) is 0 Å². The van der Waals surface area contributed by atoms with Gasteiger partial charge < -0.3 is 11.1 Å². The average molecular weight is 306 g/mol. The Balaban J connectivity index is 2.60. The maximum absolute atomic E-state index is 9.12. The van der Waals surface area contributed by atoms with E-state index in [1.165, 1.54) is 0 Å². The Morgan fingerprint density at radius 3 is 2.83 bits per heavy atom. The van der Waals surface area contributed by atoms with Crippen LogP contribution in [0.3, 0.4) is 0 Å². The average Bonchev–Trinajstić information content (AvgIpc) is 2.67. The number of nitrogens with zero attached hydrogens (tertiary/aromatic N) is 3. The molecule has 0 bridgehead atoms. The van der Waals surface area contributed by atoms with Gasteiger partial charge in [-0.3, -0.25) is 0 Å². The van der Waals surface area contributed by atoms with Gasteiger partial charge in [0.05, 0.1) is 5.69 Å². The van der Waals surface area contributed by atoms with Gasteiger partial charge in [0.1, 0.15) is 17.5 Å². The molecule has 2 aromatic rings. The standard InChI is InChI=1S/C12H12BrN5/c1-2-16-12-8(7-14)11(15)18(17-12)10-6-4-3-5-9(10)13/h3-6H,2,15H2,1H3,(H,16,17). The van der Waals surface area contributed by atoms with Gasteiger partial charge in [0, 0.05) is 11.0 Å². The van der Waals surface area contributed by atoms with Gasteiger partial charge in [0.15, 0.2) is 5.82 Å². The van der Waals surface area contributed by atoms with Crippen LogP contribution in [0.5, 0.6) is 0 Å². The van der Waals surface area contributed by atoms with Crippen molar-refractivity contribution in [1.82, 2.24) is 9.78 Å². The van der Waals surface area contributed by atoms with Crippen molar-refractivity contribution in [2.45, 2.75) is 6.92 Å². The van der Waals surface area contributed by atoms with Crippen LogP contribution in [0.2, 0.25) is 0 Å². The highest BCUT2D eigenvalue weighted by molar-refractivity contribution is 9.10. The second kappa shape index (κ2) is 5.10. The molecule has 92 valence electrons. The van der Waals surface area contributed by atoms with E-state index in [1.54, 1.807) is 4.68 Å². The minimum Gasteiger partial charge on any atom is -0.382 e.